The third-order valence-corrected chi connectivity index (χ3v) is 3.81. The molecular weight excluding hydrogens is 319 g/mol. The number of rotatable bonds is 2. The number of nitrogens with zero attached hydrogens (tertiary/aromatic N) is 1. The minimum Gasteiger partial charge on any atom is -0.497 e. The highest BCUT2D eigenvalue weighted by atomic mass is 35.5. The number of hydrogen-bond acceptors (Lipinski definition) is 3. The van der Waals surface area contributed by atoms with Crippen LogP contribution in [0.2, 0.25) is 5.02 Å². The molecule has 0 aliphatic heterocycles. The molecule has 0 aliphatic rings. The van der Waals surface area contributed by atoms with Crippen LogP contribution in [0.4, 0.5) is 4.39 Å². The highest BCUT2D eigenvalue weighted by Gasteiger charge is 2.13. The van der Waals surface area contributed by atoms with Gasteiger partial charge in [0.15, 0.2) is 5.43 Å². The van der Waals surface area contributed by atoms with E-state index < -0.39 is 11.2 Å². The largest absolute Gasteiger partial charge is 0.497 e. The van der Waals surface area contributed by atoms with Gasteiger partial charge in [-0.25, -0.2) is 4.39 Å². The molecule has 0 spiro atoms. The van der Waals surface area contributed by atoms with Crippen LogP contribution in [-0.4, -0.2) is 12.1 Å². The van der Waals surface area contributed by atoms with Crippen molar-refractivity contribution in [2.24, 2.45) is 0 Å². The zero-order chi connectivity index (χ0) is 16.6. The Balaban J connectivity index is 2.32. The van der Waals surface area contributed by atoms with Gasteiger partial charge in [0.2, 0.25) is 0 Å². The Morgan fingerprint density at radius 1 is 1.26 bits per heavy atom. The number of pyridine rings is 1. The summed E-state index contributed by atoms with van der Waals surface area (Å²) in [6, 6.07) is 10.7. The van der Waals surface area contributed by atoms with Crippen LogP contribution in [0.3, 0.4) is 0 Å². The molecular formula is C17H10ClFN2O2. The molecule has 0 aliphatic carbocycles. The van der Waals surface area contributed by atoms with Gasteiger partial charge in [-0.1, -0.05) is 11.6 Å². The molecule has 0 amide bonds. The first-order valence-corrected chi connectivity index (χ1v) is 7.02. The minimum absolute atomic E-state index is 0.0536. The van der Waals surface area contributed by atoms with Gasteiger partial charge in [-0.2, -0.15) is 5.26 Å². The predicted octanol–water partition coefficient (Wildman–Crippen LogP) is 3.87. The van der Waals surface area contributed by atoms with Crippen LogP contribution in [0.5, 0.6) is 5.75 Å². The molecule has 4 nitrogen and oxygen atoms in total. The highest BCUT2D eigenvalue weighted by molar-refractivity contribution is 6.33. The number of halogens is 2. The Hall–Kier alpha value is -2.84. The molecule has 0 saturated heterocycles. The van der Waals surface area contributed by atoms with Gasteiger partial charge < -0.3 is 9.72 Å². The van der Waals surface area contributed by atoms with E-state index in [2.05, 4.69) is 4.98 Å². The van der Waals surface area contributed by atoms with Gasteiger partial charge >= 0.3 is 0 Å². The average molecular weight is 329 g/mol. The van der Waals surface area contributed by atoms with E-state index in [9.17, 15) is 9.18 Å². The lowest BCUT2D eigenvalue weighted by Gasteiger charge is -2.09. The molecule has 0 saturated carbocycles. The van der Waals surface area contributed by atoms with E-state index >= 15 is 0 Å². The summed E-state index contributed by atoms with van der Waals surface area (Å²) >= 11 is 6.15. The zero-order valence-corrected chi connectivity index (χ0v) is 12.7. The molecule has 23 heavy (non-hydrogen) atoms. The highest BCUT2D eigenvalue weighted by Crippen LogP contribution is 2.29. The summed E-state index contributed by atoms with van der Waals surface area (Å²) in [6.45, 7) is 0. The first kappa shape index (κ1) is 15.1. The summed E-state index contributed by atoms with van der Waals surface area (Å²) in [7, 11) is 1.41. The lowest BCUT2D eigenvalue weighted by atomic mass is 10.1. The number of methoxy groups -OCH3 is 1. The van der Waals surface area contributed by atoms with E-state index in [1.165, 1.54) is 19.2 Å². The Labute approximate surface area is 135 Å². The molecule has 0 fully saturated rings. The average Bonchev–Trinajstić information content (AvgIpc) is 2.54. The minimum atomic E-state index is -0.663. The number of aromatic amines is 1. The Bertz CT molecular complexity index is 1020. The van der Waals surface area contributed by atoms with E-state index in [1.807, 2.05) is 6.07 Å². The van der Waals surface area contributed by atoms with Crippen molar-refractivity contribution in [1.29, 1.82) is 5.26 Å². The van der Waals surface area contributed by atoms with Crippen molar-refractivity contribution in [3.05, 3.63) is 63.0 Å². The molecule has 1 heterocycles. The van der Waals surface area contributed by atoms with Crippen LogP contribution >= 0.6 is 11.6 Å². The normalized spacial score (nSPS) is 10.5. The van der Waals surface area contributed by atoms with Gasteiger partial charge in [0.05, 0.1) is 35.3 Å². The summed E-state index contributed by atoms with van der Waals surface area (Å²) in [4.78, 5) is 15.2. The van der Waals surface area contributed by atoms with Gasteiger partial charge in [0.25, 0.3) is 0 Å². The summed E-state index contributed by atoms with van der Waals surface area (Å²) in [6.07, 6.45) is 0. The SMILES string of the molecule is COc1cc(F)c2c(=O)cc(-c3cc(C#N)ccc3Cl)[nH]c2c1. The second-order valence-corrected chi connectivity index (χ2v) is 5.29. The molecule has 6 heteroatoms. The molecule has 0 bridgehead atoms. The van der Waals surface area contributed by atoms with Crippen molar-refractivity contribution in [2.75, 3.05) is 7.11 Å². The molecule has 0 unspecified atom stereocenters. The fraction of sp³-hybridized carbons (Fsp3) is 0.0588. The number of nitriles is 1. The number of aromatic nitrogens is 1. The first-order valence-electron chi connectivity index (χ1n) is 6.64. The van der Waals surface area contributed by atoms with Crippen LogP contribution in [0.25, 0.3) is 22.2 Å². The summed E-state index contributed by atoms with van der Waals surface area (Å²) in [5, 5.41) is 9.32. The van der Waals surface area contributed by atoms with Crippen LogP contribution in [0.15, 0.2) is 41.2 Å². The Kier molecular flexibility index (Phi) is 3.77. The van der Waals surface area contributed by atoms with Crippen molar-refractivity contribution >= 4 is 22.5 Å². The maximum Gasteiger partial charge on any atom is 0.192 e. The van der Waals surface area contributed by atoms with Crippen molar-refractivity contribution in [1.82, 2.24) is 4.98 Å². The Morgan fingerprint density at radius 3 is 2.74 bits per heavy atom. The smallest absolute Gasteiger partial charge is 0.192 e. The molecule has 2 aromatic carbocycles. The Morgan fingerprint density at radius 2 is 2.04 bits per heavy atom. The van der Waals surface area contributed by atoms with Crippen molar-refractivity contribution < 1.29 is 9.13 Å². The van der Waals surface area contributed by atoms with Gasteiger partial charge in [0, 0.05) is 28.8 Å². The second kappa shape index (κ2) is 5.75. The van der Waals surface area contributed by atoms with Crippen LogP contribution < -0.4 is 10.2 Å². The molecule has 114 valence electrons. The predicted molar refractivity (Wildman–Crippen MR) is 86.2 cm³/mol. The number of nitrogens with one attached hydrogen (secondary N) is 1. The third kappa shape index (κ3) is 2.65. The standard InChI is InChI=1S/C17H10ClFN2O2/c1-23-10-5-13(19)17-15(6-10)21-14(7-16(17)22)11-4-9(8-20)2-3-12(11)18/h2-7H,1H3,(H,21,22). The fourth-order valence-electron chi connectivity index (χ4n) is 2.38. The number of hydrogen-bond donors (Lipinski definition) is 1. The summed E-state index contributed by atoms with van der Waals surface area (Å²) < 4.78 is 19.1. The van der Waals surface area contributed by atoms with E-state index in [4.69, 9.17) is 21.6 Å². The van der Waals surface area contributed by atoms with Crippen LogP contribution in [-0.2, 0) is 0 Å². The molecule has 1 N–H and O–H groups in total. The number of ether oxygens (including phenoxy) is 1. The van der Waals surface area contributed by atoms with Crippen molar-refractivity contribution in [2.45, 2.75) is 0 Å². The number of benzene rings is 2. The van der Waals surface area contributed by atoms with Gasteiger partial charge in [-0.3, -0.25) is 4.79 Å². The summed E-state index contributed by atoms with van der Waals surface area (Å²) in [5.41, 5.74) is 1.11. The molecule has 0 atom stereocenters. The van der Waals surface area contributed by atoms with Crippen LogP contribution in [0.1, 0.15) is 5.56 Å². The molecule has 1 aromatic heterocycles. The van der Waals surface area contributed by atoms with E-state index in [1.54, 1.807) is 18.2 Å². The van der Waals surface area contributed by atoms with Crippen molar-refractivity contribution in [3.63, 3.8) is 0 Å². The molecule has 0 radical (unpaired) electrons. The van der Waals surface area contributed by atoms with E-state index in [0.717, 1.165) is 6.07 Å². The lowest BCUT2D eigenvalue weighted by molar-refractivity contribution is 0.412. The monoisotopic (exact) mass is 328 g/mol. The fourth-order valence-corrected chi connectivity index (χ4v) is 2.60. The van der Waals surface area contributed by atoms with Crippen molar-refractivity contribution in [3.8, 4) is 23.1 Å². The number of H-pyrrole nitrogens is 1. The number of fused-ring (bicyclic) bond motifs is 1. The summed E-state index contributed by atoms with van der Waals surface area (Å²) in [5.74, 6) is -0.372. The lowest BCUT2D eigenvalue weighted by Crippen LogP contribution is -2.06. The maximum atomic E-state index is 14.1. The van der Waals surface area contributed by atoms with Gasteiger partial charge in [-0.05, 0) is 18.2 Å². The van der Waals surface area contributed by atoms with Gasteiger partial charge in [-0.15, -0.1) is 0 Å². The topological polar surface area (TPSA) is 65.9 Å². The van der Waals surface area contributed by atoms with Crippen LogP contribution in [0, 0.1) is 17.1 Å². The van der Waals surface area contributed by atoms with E-state index in [0.29, 0.717) is 33.1 Å². The van der Waals surface area contributed by atoms with Gasteiger partial charge in [0.1, 0.15) is 11.6 Å². The second-order valence-electron chi connectivity index (χ2n) is 4.89. The first-order chi connectivity index (χ1) is 11.0. The van der Waals surface area contributed by atoms with E-state index in [-0.39, 0.29) is 5.39 Å². The quantitative estimate of drug-likeness (QED) is 0.776. The molecule has 3 rings (SSSR count). The molecule has 3 aromatic rings. The zero-order valence-electron chi connectivity index (χ0n) is 12.0. The third-order valence-electron chi connectivity index (χ3n) is 3.48. The maximum absolute atomic E-state index is 14.1.